The lowest BCUT2D eigenvalue weighted by atomic mass is 10.2. The van der Waals surface area contributed by atoms with Gasteiger partial charge in [-0.1, -0.05) is 0 Å². The molecule has 5 heteroatoms. The Kier molecular flexibility index (Phi) is 5.38. The fraction of sp³-hybridized carbons (Fsp3) is 0.533. The molecule has 5 nitrogen and oxygen atoms in total. The predicted octanol–water partition coefficient (Wildman–Crippen LogP) is 1.57. The number of methoxy groups -OCH3 is 1. The van der Waals surface area contributed by atoms with Gasteiger partial charge in [-0.3, -0.25) is 4.90 Å². The largest absolute Gasteiger partial charge is 0.497 e. The van der Waals surface area contributed by atoms with Crippen molar-refractivity contribution in [3.63, 3.8) is 0 Å². The third kappa shape index (κ3) is 3.95. The molecule has 110 valence electrons. The highest BCUT2D eigenvalue weighted by molar-refractivity contribution is 5.89. The van der Waals surface area contributed by atoms with Crippen molar-refractivity contribution in [2.75, 3.05) is 40.0 Å². The number of hydrogen-bond donors (Lipinski definition) is 0. The predicted molar refractivity (Wildman–Crippen MR) is 75.1 cm³/mol. The van der Waals surface area contributed by atoms with E-state index in [4.69, 9.17) is 14.2 Å². The van der Waals surface area contributed by atoms with Crippen molar-refractivity contribution in [1.82, 2.24) is 4.90 Å². The van der Waals surface area contributed by atoms with Crippen molar-refractivity contribution >= 4 is 5.97 Å². The Balaban J connectivity index is 1.76. The first-order chi connectivity index (χ1) is 9.70. The minimum atomic E-state index is -0.298. The number of rotatable bonds is 5. The summed E-state index contributed by atoms with van der Waals surface area (Å²) in [6.07, 6.45) is 0. The maximum atomic E-state index is 11.9. The number of benzene rings is 1. The molecule has 0 bridgehead atoms. The molecule has 1 fully saturated rings. The summed E-state index contributed by atoms with van der Waals surface area (Å²) in [5.41, 5.74) is 0.542. The molecule has 1 atom stereocenters. The molecule has 0 N–H and O–H groups in total. The van der Waals surface area contributed by atoms with Gasteiger partial charge in [0.2, 0.25) is 0 Å². The second-order valence-electron chi connectivity index (χ2n) is 4.82. The van der Waals surface area contributed by atoms with Crippen LogP contribution in [0.1, 0.15) is 17.3 Å². The topological polar surface area (TPSA) is 48.0 Å². The van der Waals surface area contributed by atoms with Gasteiger partial charge >= 0.3 is 5.97 Å². The van der Waals surface area contributed by atoms with Crippen LogP contribution < -0.4 is 4.74 Å². The van der Waals surface area contributed by atoms with Crippen LogP contribution in [0.3, 0.4) is 0 Å². The molecule has 1 aliphatic rings. The van der Waals surface area contributed by atoms with Crippen LogP contribution in [0.2, 0.25) is 0 Å². The van der Waals surface area contributed by atoms with Gasteiger partial charge in [0.15, 0.2) is 0 Å². The molecule has 2 rings (SSSR count). The van der Waals surface area contributed by atoms with Crippen LogP contribution in [0.5, 0.6) is 5.75 Å². The maximum Gasteiger partial charge on any atom is 0.338 e. The van der Waals surface area contributed by atoms with Gasteiger partial charge in [-0.05, 0) is 31.2 Å². The Bertz CT molecular complexity index is 432. The summed E-state index contributed by atoms with van der Waals surface area (Å²) in [7, 11) is 1.59. The molecule has 1 aliphatic heterocycles. The monoisotopic (exact) mass is 279 g/mol. The molecule has 1 heterocycles. The average Bonchev–Trinajstić information content (AvgIpc) is 2.49. The van der Waals surface area contributed by atoms with Crippen molar-refractivity contribution in [3.05, 3.63) is 29.8 Å². The standard InChI is InChI=1S/C15H21NO4/c1-12-11-19-9-7-16(12)8-10-20-15(17)13-3-5-14(18-2)6-4-13/h3-6,12H,7-11H2,1-2H3/t12-/m1/s1. The SMILES string of the molecule is COc1ccc(C(=O)OCCN2CCOC[C@H]2C)cc1. The van der Waals surface area contributed by atoms with Gasteiger partial charge in [-0.2, -0.15) is 0 Å². The van der Waals surface area contributed by atoms with Gasteiger partial charge in [-0.15, -0.1) is 0 Å². The molecule has 0 aliphatic carbocycles. The smallest absolute Gasteiger partial charge is 0.338 e. The number of morpholine rings is 1. The van der Waals surface area contributed by atoms with Gasteiger partial charge in [0.1, 0.15) is 12.4 Å². The highest BCUT2D eigenvalue weighted by atomic mass is 16.5. The van der Waals surface area contributed by atoms with E-state index in [1.165, 1.54) is 0 Å². The Labute approximate surface area is 119 Å². The summed E-state index contributed by atoms with van der Waals surface area (Å²) >= 11 is 0. The molecular weight excluding hydrogens is 258 g/mol. The zero-order chi connectivity index (χ0) is 14.4. The van der Waals surface area contributed by atoms with Crippen LogP contribution in [-0.4, -0.2) is 56.9 Å². The molecular formula is C15H21NO4. The molecule has 0 spiro atoms. The summed E-state index contributed by atoms with van der Waals surface area (Å²) < 4.78 is 15.7. The first-order valence-electron chi connectivity index (χ1n) is 6.83. The van der Waals surface area contributed by atoms with Crippen molar-refractivity contribution in [3.8, 4) is 5.75 Å². The van der Waals surface area contributed by atoms with Crippen molar-refractivity contribution in [1.29, 1.82) is 0 Å². The average molecular weight is 279 g/mol. The van der Waals surface area contributed by atoms with Gasteiger partial charge in [-0.25, -0.2) is 4.79 Å². The Morgan fingerprint density at radius 2 is 2.15 bits per heavy atom. The third-order valence-electron chi connectivity index (χ3n) is 3.44. The van der Waals surface area contributed by atoms with E-state index in [0.29, 0.717) is 18.2 Å². The van der Waals surface area contributed by atoms with Crippen molar-refractivity contribution < 1.29 is 19.0 Å². The number of carbonyl (C=O) groups excluding carboxylic acids is 1. The van der Waals surface area contributed by atoms with E-state index >= 15 is 0 Å². The van der Waals surface area contributed by atoms with E-state index in [2.05, 4.69) is 11.8 Å². The highest BCUT2D eigenvalue weighted by Gasteiger charge is 2.18. The molecule has 0 saturated carbocycles. The summed E-state index contributed by atoms with van der Waals surface area (Å²) in [5, 5.41) is 0. The van der Waals surface area contributed by atoms with E-state index < -0.39 is 0 Å². The number of ether oxygens (including phenoxy) is 3. The van der Waals surface area contributed by atoms with Crippen LogP contribution in [0.15, 0.2) is 24.3 Å². The summed E-state index contributed by atoms with van der Waals surface area (Å²) in [6, 6.07) is 7.29. The minimum absolute atomic E-state index is 0.298. The van der Waals surface area contributed by atoms with Crippen molar-refractivity contribution in [2.45, 2.75) is 13.0 Å². The zero-order valence-electron chi connectivity index (χ0n) is 12.0. The van der Waals surface area contributed by atoms with Gasteiger partial charge in [0, 0.05) is 19.1 Å². The maximum absolute atomic E-state index is 11.9. The van der Waals surface area contributed by atoms with Crippen LogP contribution >= 0.6 is 0 Å². The third-order valence-corrected chi connectivity index (χ3v) is 3.44. The lowest BCUT2D eigenvalue weighted by Gasteiger charge is -2.32. The van der Waals surface area contributed by atoms with Crippen LogP contribution in [0.4, 0.5) is 0 Å². The van der Waals surface area contributed by atoms with Crippen molar-refractivity contribution in [2.24, 2.45) is 0 Å². The van der Waals surface area contributed by atoms with E-state index in [0.717, 1.165) is 32.1 Å². The summed E-state index contributed by atoms with van der Waals surface area (Å²) in [4.78, 5) is 14.1. The first-order valence-corrected chi connectivity index (χ1v) is 6.83. The second kappa shape index (κ2) is 7.26. The van der Waals surface area contributed by atoms with Crippen LogP contribution in [0, 0.1) is 0 Å². The van der Waals surface area contributed by atoms with Crippen LogP contribution in [0.25, 0.3) is 0 Å². The fourth-order valence-electron chi connectivity index (χ4n) is 2.16. The van der Waals surface area contributed by atoms with E-state index in [1.54, 1.807) is 31.4 Å². The summed E-state index contributed by atoms with van der Waals surface area (Å²) in [5.74, 6) is 0.428. The first kappa shape index (κ1) is 14.8. The molecule has 1 saturated heterocycles. The van der Waals surface area contributed by atoms with Gasteiger partial charge in [0.05, 0.1) is 25.9 Å². The number of carbonyl (C=O) groups is 1. The number of nitrogens with zero attached hydrogens (tertiary/aromatic N) is 1. The van der Waals surface area contributed by atoms with E-state index in [9.17, 15) is 4.79 Å². The molecule has 1 aromatic rings. The molecule has 0 radical (unpaired) electrons. The lowest BCUT2D eigenvalue weighted by Crippen LogP contribution is -2.45. The Morgan fingerprint density at radius 1 is 1.40 bits per heavy atom. The molecule has 0 unspecified atom stereocenters. The normalized spacial score (nSPS) is 19.6. The van der Waals surface area contributed by atoms with Gasteiger partial charge in [0.25, 0.3) is 0 Å². The molecule has 1 aromatic carbocycles. The minimum Gasteiger partial charge on any atom is -0.497 e. The molecule has 20 heavy (non-hydrogen) atoms. The number of hydrogen-bond acceptors (Lipinski definition) is 5. The Morgan fingerprint density at radius 3 is 2.80 bits per heavy atom. The highest BCUT2D eigenvalue weighted by Crippen LogP contribution is 2.12. The summed E-state index contributed by atoms with van der Waals surface area (Å²) in [6.45, 7) is 5.64. The Hall–Kier alpha value is -1.59. The van der Waals surface area contributed by atoms with Gasteiger partial charge < -0.3 is 14.2 Å². The molecule has 0 amide bonds. The van der Waals surface area contributed by atoms with Crippen LogP contribution in [-0.2, 0) is 9.47 Å². The molecule has 0 aromatic heterocycles. The zero-order valence-corrected chi connectivity index (χ0v) is 12.0. The lowest BCUT2D eigenvalue weighted by molar-refractivity contribution is -0.0110. The van der Waals surface area contributed by atoms with E-state index in [1.807, 2.05) is 0 Å². The number of esters is 1. The fourth-order valence-corrected chi connectivity index (χ4v) is 2.16. The quantitative estimate of drug-likeness (QED) is 0.766. The second-order valence-corrected chi connectivity index (χ2v) is 4.82. The van der Waals surface area contributed by atoms with E-state index in [-0.39, 0.29) is 5.97 Å².